The number of aryl methyl sites for hydroxylation is 2. The van der Waals surface area contributed by atoms with Gasteiger partial charge in [-0.2, -0.15) is 0 Å². The maximum absolute atomic E-state index is 3.11. The van der Waals surface area contributed by atoms with E-state index in [2.05, 4.69) is 49.2 Å². The van der Waals surface area contributed by atoms with Crippen LogP contribution in [0.4, 0.5) is 0 Å². The van der Waals surface area contributed by atoms with Crippen LogP contribution in [0.25, 0.3) is 0 Å². The van der Waals surface area contributed by atoms with Crippen LogP contribution in [0, 0.1) is 25.7 Å². The van der Waals surface area contributed by atoms with Crippen LogP contribution in [0.3, 0.4) is 0 Å². The largest absolute Gasteiger partial charge is 0.309 e. The Kier molecular flexibility index (Phi) is 3.54. The Bertz CT molecular complexity index is 322. The zero-order valence-electron chi connectivity index (χ0n) is 8.44. The van der Waals surface area contributed by atoms with Gasteiger partial charge in [-0.3, -0.25) is 0 Å². The third-order valence-electron chi connectivity index (χ3n) is 1.72. The van der Waals surface area contributed by atoms with Crippen molar-refractivity contribution < 1.29 is 0 Å². The molecule has 0 saturated carbocycles. The van der Waals surface area contributed by atoms with Crippen molar-refractivity contribution in [1.29, 1.82) is 0 Å². The second-order valence-corrected chi connectivity index (χ2v) is 3.21. The van der Waals surface area contributed by atoms with Crippen LogP contribution in [0.5, 0.6) is 0 Å². The van der Waals surface area contributed by atoms with Crippen LogP contribution in [0.2, 0.25) is 0 Å². The fourth-order valence-corrected chi connectivity index (χ4v) is 1.28. The summed E-state index contributed by atoms with van der Waals surface area (Å²) in [6, 6.07) is 6.37. The predicted octanol–water partition coefficient (Wildman–Crippen LogP) is 1.87. The lowest BCUT2D eigenvalue weighted by Crippen LogP contribution is -2.04. The fourth-order valence-electron chi connectivity index (χ4n) is 1.28. The molecule has 1 nitrogen and oxygen atoms in total. The molecule has 0 bridgehead atoms. The van der Waals surface area contributed by atoms with E-state index in [1.165, 1.54) is 11.1 Å². The molecule has 0 fully saturated rings. The number of hydrogen-bond donors (Lipinski definition) is 1. The van der Waals surface area contributed by atoms with Gasteiger partial charge in [-0.1, -0.05) is 17.9 Å². The van der Waals surface area contributed by atoms with E-state index in [0.717, 1.165) is 12.1 Å². The van der Waals surface area contributed by atoms with Gasteiger partial charge in [-0.15, -0.1) is 0 Å². The van der Waals surface area contributed by atoms with E-state index >= 15 is 0 Å². The zero-order chi connectivity index (χ0) is 9.68. The van der Waals surface area contributed by atoms with Gasteiger partial charge in [-0.05, 0) is 44.2 Å². The van der Waals surface area contributed by atoms with Gasteiger partial charge in [0.05, 0.1) is 6.54 Å². The first-order valence-corrected chi connectivity index (χ1v) is 4.44. The summed E-state index contributed by atoms with van der Waals surface area (Å²) in [5.41, 5.74) is 3.65. The smallest absolute Gasteiger partial charge is 0.0577 e. The summed E-state index contributed by atoms with van der Waals surface area (Å²) in [5.74, 6) is 6.16. The highest BCUT2D eigenvalue weighted by Gasteiger charge is 1.90. The average Bonchev–Trinajstić information content (AvgIpc) is 2.03. The summed E-state index contributed by atoms with van der Waals surface area (Å²) >= 11 is 0. The second kappa shape index (κ2) is 4.69. The molecule has 0 spiro atoms. The molecule has 0 radical (unpaired) electrons. The van der Waals surface area contributed by atoms with E-state index in [1.807, 2.05) is 7.05 Å². The van der Waals surface area contributed by atoms with Gasteiger partial charge < -0.3 is 5.32 Å². The molecule has 0 atom stereocenters. The van der Waals surface area contributed by atoms with Gasteiger partial charge in [0.25, 0.3) is 0 Å². The Morgan fingerprint density at radius 3 is 2.31 bits per heavy atom. The Labute approximate surface area is 80.2 Å². The lowest BCUT2D eigenvalue weighted by Gasteiger charge is -1.97. The van der Waals surface area contributed by atoms with Crippen LogP contribution in [0.15, 0.2) is 18.2 Å². The molecule has 0 aliphatic heterocycles. The maximum atomic E-state index is 3.11. The minimum atomic E-state index is 0.743. The van der Waals surface area contributed by atoms with Crippen molar-refractivity contribution in [2.45, 2.75) is 13.8 Å². The summed E-state index contributed by atoms with van der Waals surface area (Å²) in [6.07, 6.45) is 0. The van der Waals surface area contributed by atoms with Gasteiger partial charge >= 0.3 is 0 Å². The Morgan fingerprint density at radius 2 is 1.77 bits per heavy atom. The van der Waals surface area contributed by atoms with Crippen molar-refractivity contribution in [3.8, 4) is 11.8 Å². The molecule has 13 heavy (non-hydrogen) atoms. The topological polar surface area (TPSA) is 12.0 Å². The molecule has 1 heteroatoms. The van der Waals surface area contributed by atoms with E-state index in [4.69, 9.17) is 0 Å². The lowest BCUT2D eigenvalue weighted by molar-refractivity contribution is 0.938. The number of hydrogen-bond acceptors (Lipinski definition) is 1. The van der Waals surface area contributed by atoms with Gasteiger partial charge in [0.15, 0.2) is 0 Å². The van der Waals surface area contributed by atoms with Gasteiger partial charge in [0.1, 0.15) is 0 Å². The van der Waals surface area contributed by atoms with Crippen molar-refractivity contribution >= 4 is 0 Å². The van der Waals surface area contributed by atoms with Gasteiger partial charge in [-0.25, -0.2) is 0 Å². The van der Waals surface area contributed by atoms with Crippen LogP contribution < -0.4 is 5.32 Å². The van der Waals surface area contributed by atoms with E-state index in [-0.39, 0.29) is 0 Å². The fraction of sp³-hybridized carbons (Fsp3) is 0.333. The number of benzene rings is 1. The molecular weight excluding hydrogens is 158 g/mol. The predicted molar refractivity (Wildman–Crippen MR) is 56.7 cm³/mol. The van der Waals surface area contributed by atoms with Crippen LogP contribution in [-0.2, 0) is 0 Å². The molecule has 0 heterocycles. The van der Waals surface area contributed by atoms with E-state index < -0.39 is 0 Å². The molecule has 0 aromatic heterocycles. The first kappa shape index (κ1) is 9.83. The third-order valence-corrected chi connectivity index (χ3v) is 1.72. The monoisotopic (exact) mass is 173 g/mol. The zero-order valence-corrected chi connectivity index (χ0v) is 8.44. The second-order valence-electron chi connectivity index (χ2n) is 3.21. The summed E-state index contributed by atoms with van der Waals surface area (Å²) < 4.78 is 0. The average molecular weight is 173 g/mol. The number of rotatable bonds is 1. The first-order valence-electron chi connectivity index (χ1n) is 4.44. The standard InChI is InChI=1S/C12H15N/c1-10-7-11(2)9-12(8-10)5-4-6-13-3/h7-9,13H,6H2,1-3H3. The first-order chi connectivity index (χ1) is 6.22. The molecule has 1 aromatic carbocycles. The van der Waals surface area contributed by atoms with Crippen molar-refractivity contribution in [3.63, 3.8) is 0 Å². The molecule has 0 amide bonds. The molecule has 68 valence electrons. The molecule has 0 saturated heterocycles. The van der Waals surface area contributed by atoms with Gasteiger partial charge in [0, 0.05) is 5.56 Å². The molecule has 0 unspecified atom stereocenters. The number of nitrogens with one attached hydrogen (secondary N) is 1. The molecule has 1 aromatic rings. The molecule has 1 N–H and O–H groups in total. The third kappa shape index (κ3) is 3.31. The van der Waals surface area contributed by atoms with Crippen LogP contribution >= 0.6 is 0 Å². The summed E-state index contributed by atoms with van der Waals surface area (Å²) in [6.45, 7) is 4.93. The highest BCUT2D eigenvalue weighted by atomic mass is 14.8. The highest BCUT2D eigenvalue weighted by Crippen LogP contribution is 2.06. The van der Waals surface area contributed by atoms with E-state index in [1.54, 1.807) is 0 Å². The summed E-state index contributed by atoms with van der Waals surface area (Å²) in [5, 5.41) is 2.99. The minimum Gasteiger partial charge on any atom is -0.309 e. The Hall–Kier alpha value is -1.26. The molecule has 1 rings (SSSR count). The Balaban J connectivity index is 2.85. The lowest BCUT2D eigenvalue weighted by atomic mass is 10.1. The van der Waals surface area contributed by atoms with Crippen molar-refractivity contribution in [1.82, 2.24) is 5.32 Å². The highest BCUT2D eigenvalue weighted by molar-refractivity contribution is 5.40. The normalized spacial score (nSPS) is 9.15. The maximum Gasteiger partial charge on any atom is 0.0577 e. The van der Waals surface area contributed by atoms with Crippen molar-refractivity contribution in [2.75, 3.05) is 13.6 Å². The molecule has 0 aliphatic carbocycles. The van der Waals surface area contributed by atoms with Crippen molar-refractivity contribution in [2.24, 2.45) is 0 Å². The molecule has 0 aliphatic rings. The summed E-state index contributed by atoms with van der Waals surface area (Å²) in [4.78, 5) is 0. The SMILES string of the molecule is CNCC#Cc1cc(C)cc(C)c1. The Morgan fingerprint density at radius 1 is 1.15 bits per heavy atom. The van der Waals surface area contributed by atoms with E-state index in [0.29, 0.717) is 0 Å². The van der Waals surface area contributed by atoms with Crippen molar-refractivity contribution in [3.05, 3.63) is 34.9 Å². The van der Waals surface area contributed by atoms with Crippen LogP contribution in [0.1, 0.15) is 16.7 Å². The van der Waals surface area contributed by atoms with Crippen LogP contribution in [-0.4, -0.2) is 13.6 Å². The molecular formula is C12H15N. The van der Waals surface area contributed by atoms with E-state index in [9.17, 15) is 0 Å². The van der Waals surface area contributed by atoms with Gasteiger partial charge in [0.2, 0.25) is 0 Å². The quantitative estimate of drug-likeness (QED) is 0.639. The summed E-state index contributed by atoms with van der Waals surface area (Å²) in [7, 11) is 1.90. The minimum absolute atomic E-state index is 0.743.